The summed E-state index contributed by atoms with van der Waals surface area (Å²) in [5, 5.41) is 16.7. The Morgan fingerprint density at radius 3 is 1.94 bits per heavy atom. The number of rotatable bonds is 6. The minimum absolute atomic E-state index is 0.0112. The summed E-state index contributed by atoms with van der Waals surface area (Å²) in [6.07, 6.45) is 0. The van der Waals surface area contributed by atoms with Crippen LogP contribution in [0.2, 0.25) is 0 Å². The quantitative estimate of drug-likeness (QED) is 0.515. The van der Waals surface area contributed by atoms with Gasteiger partial charge in [-0.25, -0.2) is 0 Å². The molecule has 0 radical (unpaired) electrons. The molecule has 0 saturated carbocycles. The summed E-state index contributed by atoms with van der Waals surface area (Å²) in [5.74, 6) is -1.43. The van der Waals surface area contributed by atoms with Crippen molar-refractivity contribution in [1.29, 1.82) is 0 Å². The molecule has 0 bridgehead atoms. The zero-order chi connectivity index (χ0) is 23.6. The van der Waals surface area contributed by atoms with Crippen molar-refractivity contribution < 1.29 is 14.4 Å². The normalized spacial score (nSPS) is 17.1. The Hall–Kier alpha value is -3.72. The first-order chi connectivity index (χ1) is 15.3. The van der Waals surface area contributed by atoms with Crippen molar-refractivity contribution in [3.8, 4) is 0 Å². The van der Waals surface area contributed by atoms with Crippen molar-refractivity contribution in [1.82, 2.24) is 16.0 Å². The standard InChI is InChI=1S/C19H19N5O3.C4H11N/c1-13(25)20-17-19(21-14(2)26,22-15-9-5-3-6-10-15)18(27)24(23-17)16-11-7-4-8-12-16;1-3-5-4-2/h3-12,22H,1-2H3,(H,21,26)(H,20,23,25);5H,3-4H2,1-2H3. The largest absolute Gasteiger partial charge is 0.348 e. The number of amidine groups is 1. The Kier molecular flexibility index (Phi) is 8.91. The van der Waals surface area contributed by atoms with Gasteiger partial charge in [-0.1, -0.05) is 50.2 Å². The molecule has 4 N–H and O–H groups in total. The van der Waals surface area contributed by atoms with E-state index in [0.717, 1.165) is 18.1 Å². The third-order valence-electron chi connectivity index (χ3n) is 4.33. The van der Waals surface area contributed by atoms with E-state index in [-0.39, 0.29) is 5.84 Å². The number of carbonyl (C=O) groups excluding carboxylic acids is 3. The molecule has 1 unspecified atom stereocenters. The van der Waals surface area contributed by atoms with Gasteiger partial charge >= 0.3 is 5.91 Å². The van der Waals surface area contributed by atoms with Gasteiger partial charge in [0.15, 0.2) is 5.84 Å². The minimum atomic E-state index is -1.74. The highest BCUT2D eigenvalue weighted by Gasteiger charge is 2.53. The van der Waals surface area contributed by atoms with E-state index in [2.05, 4.69) is 40.2 Å². The van der Waals surface area contributed by atoms with Crippen LogP contribution < -0.4 is 26.3 Å². The molecule has 3 amide bonds. The summed E-state index contributed by atoms with van der Waals surface area (Å²) >= 11 is 0. The third-order valence-corrected chi connectivity index (χ3v) is 4.33. The number of para-hydroxylation sites is 2. The zero-order valence-electron chi connectivity index (χ0n) is 18.8. The first-order valence-electron chi connectivity index (χ1n) is 10.4. The molecule has 3 rings (SSSR count). The van der Waals surface area contributed by atoms with E-state index in [0.29, 0.717) is 11.4 Å². The fourth-order valence-electron chi connectivity index (χ4n) is 3.02. The van der Waals surface area contributed by atoms with Gasteiger partial charge in [0.05, 0.1) is 5.69 Å². The molecule has 170 valence electrons. The van der Waals surface area contributed by atoms with Crippen LogP contribution in [0, 0.1) is 0 Å². The van der Waals surface area contributed by atoms with Crippen LogP contribution in [-0.4, -0.2) is 42.3 Å². The molecule has 9 heteroatoms. The van der Waals surface area contributed by atoms with Gasteiger partial charge in [0.1, 0.15) is 0 Å². The molecule has 1 atom stereocenters. The number of anilines is 2. The van der Waals surface area contributed by atoms with Crippen molar-refractivity contribution in [3.63, 3.8) is 0 Å². The maximum Gasteiger partial charge on any atom is 0.302 e. The van der Waals surface area contributed by atoms with Crippen LogP contribution in [-0.2, 0) is 14.4 Å². The fourth-order valence-corrected chi connectivity index (χ4v) is 3.02. The van der Waals surface area contributed by atoms with Crippen molar-refractivity contribution in [3.05, 3.63) is 60.7 Å². The number of nitrogens with one attached hydrogen (secondary N) is 4. The minimum Gasteiger partial charge on any atom is -0.348 e. The van der Waals surface area contributed by atoms with Crippen LogP contribution in [0.4, 0.5) is 11.4 Å². The van der Waals surface area contributed by atoms with Crippen molar-refractivity contribution >= 4 is 34.9 Å². The van der Waals surface area contributed by atoms with E-state index in [4.69, 9.17) is 0 Å². The number of hydrogen-bond donors (Lipinski definition) is 4. The summed E-state index contributed by atoms with van der Waals surface area (Å²) in [6.45, 7) is 8.98. The average Bonchev–Trinajstić information content (AvgIpc) is 3.01. The van der Waals surface area contributed by atoms with Gasteiger partial charge in [0.25, 0.3) is 5.66 Å². The molecule has 1 aliphatic heterocycles. The van der Waals surface area contributed by atoms with Gasteiger partial charge in [0, 0.05) is 19.5 Å². The van der Waals surface area contributed by atoms with E-state index in [1.54, 1.807) is 48.5 Å². The lowest BCUT2D eigenvalue weighted by atomic mass is 10.1. The predicted molar refractivity (Wildman–Crippen MR) is 126 cm³/mol. The second-order valence-corrected chi connectivity index (χ2v) is 6.96. The average molecular weight is 439 g/mol. The monoisotopic (exact) mass is 438 g/mol. The third kappa shape index (κ3) is 6.14. The first kappa shape index (κ1) is 24.5. The summed E-state index contributed by atoms with van der Waals surface area (Å²) < 4.78 is 0. The first-order valence-corrected chi connectivity index (χ1v) is 10.4. The summed E-state index contributed by atoms with van der Waals surface area (Å²) in [5.41, 5.74) is -0.658. The lowest BCUT2D eigenvalue weighted by Gasteiger charge is -2.31. The van der Waals surface area contributed by atoms with Crippen LogP contribution in [0.15, 0.2) is 65.8 Å². The molecule has 0 aliphatic carbocycles. The molecule has 2 aromatic rings. The van der Waals surface area contributed by atoms with Crippen LogP contribution >= 0.6 is 0 Å². The second kappa shape index (κ2) is 11.6. The SMILES string of the molecule is CC(=O)NC1=NN(c2ccccc2)C(=O)C1(NC(C)=O)Nc1ccccc1.CCNCC. The van der Waals surface area contributed by atoms with Crippen LogP contribution in [0.25, 0.3) is 0 Å². The van der Waals surface area contributed by atoms with Gasteiger partial charge < -0.3 is 21.3 Å². The van der Waals surface area contributed by atoms with E-state index in [1.807, 2.05) is 12.1 Å². The molecule has 9 nitrogen and oxygen atoms in total. The molecule has 0 spiro atoms. The number of benzene rings is 2. The van der Waals surface area contributed by atoms with Gasteiger partial charge in [-0.2, -0.15) is 5.01 Å². The smallest absolute Gasteiger partial charge is 0.302 e. The number of amides is 3. The molecule has 1 heterocycles. The van der Waals surface area contributed by atoms with Crippen molar-refractivity contribution in [2.45, 2.75) is 33.4 Å². The molecule has 0 fully saturated rings. The zero-order valence-corrected chi connectivity index (χ0v) is 18.8. The summed E-state index contributed by atoms with van der Waals surface area (Å²) in [4.78, 5) is 37.0. The lowest BCUT2D eigenvalue weighted by Crippen LogP contribution is -2.67. The van der Waals surface area contributed by atoms with E-state index >= 15 is 0 Å². The van der Waals surface area contributed by atoms with Gasteiger partial charge in [0.2, 0.25) is 11.8 Å². The maximum absolute atomic E-state index is 13.3. The number of nitrogens with zero attached hydrogens (tertiary/aromatic N) is 2. The van der Waals surface area contributed by atoms with Crippen LogP contribution in [0.3, 0.4) is 0 Å². The van der Waals surface area contributed by atoms with E-state index < -0.39 is 23.4 Å². The fraction of sp³-hybridized carbons (Fsp3) is 0.304. The Morgan fingerprint density at radius 2 is 1.47 bits per heavy atom. The van der Waals surface area contributed by atoms with Gasteiger partial charge in [-0.05, 0) is 37.4 Å². The molecule has 0 aromatic heterocycles. The molecule has 1 aliphatic rings. The highest BCUT2D eigenvalue weighted by molar-refractivity contribution is 6.27. The Bertz CT molecular complexity index is 947. The number of hydrazone groups is 1. The van der Waals surface area contributed by atoms with Gasteiger partial charge in [-0.15, -0.1) is 5.10 Å². The van der Waals surface area contributed by atoms with E-state index in [9.17, 15) is 14.4 Å². The Balaban J connectivity index is 0.000000654. The van der Waals surface area contributed by atoms with Crippen molar-refractivity contribution in [2.24, 2.45) is 5.10 Å². The highest BCUT2D eigenvalue weighted by atomic mass is 16.2. The highest BCUT2D eigenvalue weighted by Crippen LogP contribution is 2.27. The lowest BCUT2D eigenvalue weighted by molar-refractivity contribution is -0.127. The van der Waals surface area contributed by atoms with Crippen LogP contribution in [0.1, 0.15) is 27.7 Å². The summed E-state index contributed by atoms with van der Waals surface area (Å²) in [6, 6.07) is 17.6. The van der Waals surface area contributed by atoms with Crippen molar-refractivity contribution in [2.75, 3.05) is 23.4 Å². The van der Waals surface area contributed by atoms with E-state index in [1.165, 1.54) is 13.8 Å². The topological polar surface area (TPSA) is 115 Å². The maximum atomic E-state index is 13.3. The number of carbonyl (C=O) groups is 3. The van der Waals surface area contributed by atoms with Gasteiger partial charge in [-0.3, -0.25) is 14.4 Å². The van der Waals surface area contributed by atoms with Crippen LogP contribution in [0.5, 0.6) is 0 Å². The Morgan fingerprint density at radius 1 is 0.906 bits per heavy atom. The Labute approximate surface area is 188 Å². The molecule has 32 heavy (non-hydrogen) atoms. The molecule has 2 aromatic carbocycles. The molecule has 0 saturated heterocycles. The summed E-state index contributed by atoms with van der Waals surface area (Å²) in [7, 11) is 0. The second-order valence-electron chi connectivity index (χ2n) is 6.96. The predicted octanol–water partition coefficient (Wildman–Crippen LogP) is 2.04. The molecular formula is C23H30N6O3. The number of hydrogen-bond acceptors (Lipinski definition) is 6. The molecular weight excluding hydrogens is 408 g/mol.